The lowest BCUT2D eigenvalue weighted by atomic mass is 10.0. The van der Waals surface area contributed by atoms with E-state index in [-0.39, 0.29) is 25.7 Å². The summed E-state index contributed by atoms with van der Waals surface area (Å²) in [6.07, 6.45) is 61.5. The van der Waals surface area contributed by atoms with Gasteiger partial charge in [-0.1, -0.05) is 355 Å². The lowest BCUT2D eigenvalue weighted by Crippen LogP contribution is -2.30. The Balaban J connectivity index is 5.13. The van der Waals surface area contributed by atoms with E-state index in [2.05, 4.69) is 27.7 Å². The number of carbonyl (C=O) groups excluding carboxylic acids is 4. The van der Waals surface area contributed by atoms with Crippen LogP contribution >= 0.6 is 15.6 Å². The first kappa shape index (κ1) is 93.1. The Labute approximate surface area is 581 Å². The fourth-order valence-electron chi connectivity index (χ4n) is 11.8. The lowest BCUT2D eigenvalue weighted by molar-refractivity contribution is -0.161. The summed E-state index contributed by atoms with van der Waals surface area (Å²) in [6.45, 7) is 4.91. The van der Waals surface area contributed by atoms with Crippen LogP contribution in [0.5, 0.6) is 0 Å². The SMILES string of the molecule is CCCCCCCCCCCCCCCCCCCCCCC(=O)O[C@H](COC(=O)CCCCCCCCCCCCCCCCCC)COP(=O)(O)OC[C@@H](O)COP(=O)(O)OC[C@@H](COC(=O)CCCCCCC)OC(=O)CCCCCCCCCCCCCCCC. The Morgan fingerprint density at radius 3 is 0.621 bits per heavy atom. The van der Waals surface area contributed by atoms with Crippen molar-refractivity contribution in [1.82, 2.24) is 0 Å². The van der Waals surface area contributed by atoms with E-state index in [1.54, 1.807) is 0 Å². The third-order valence-electron chi connectivity index (χ3n) is 17.9. The van der Waals surface area contributed by atoms with Crippen molar-refractivity contribution in [3.8, 4) is 0 Å². The molecular formula is C76H148O17P2. The molecule has 0 aromatic heterocycles. The van der Waals surface area contributed by atoms with Crippen LogP contribution in [-0.2, 0) is 65.4 Å². The van der Waals surface area contributed by atoms with Gasteiger partial charge in [-0.2, -0.15) is 0 Å². The van der Waals surface area contributed by atoms with Gasteiger partial charge in [-0.3, -0.25) is 37.3 Å². The highest BCUT2D eigenvalue weighted by Gasteiger charge is 2.30. The zero-order valence-electron chi connectivity index (χ0n) is 61.6. The number of rotatable bonds is 77. The number of phosphoric ester groups is 2. The smallest absolute Gasteiger partial charge is 0.462 e. The number of esters is 4. The Bertz CT molecular complexity index is 1810. The largest absolute Gasteiger partial charge is 0.472 e. The Hall–Kier alpha value is -1.94. The predicted molar refractivity (Wildman–Crippen MR) is 386 cm³/mol. The van der Waals surface area contributed by atoms with Gasteiger partial charge in [-0.25, -0.2) is 9.13 Å². The summed E-state index contributed by atoms with van der Waals surface area (Å²) in [5, 5.41) is 10.6. The highest BCUT2D eigenvalue weighted by atomic mass is 31.2. The van der Waals surface area contributed by atoms with E-state index in [0.29, 0.717) is 25.7 Å². The zero-order valence-corrected chi connectivity index (χ0v) is 63.4. The first-order valence-corrected chi connectivity index (χ1v) is 42.8. The first-order valence-electron chi connectivity index (χ1n) is 39.8. The average molecular weight is 1400 g/mol. The second-order valence-corrected chi connectivity index (χ2v) is 30.3. The second kappa shape index (κ2) is 70.5. The molecule has 3 N–H and O–H groups in total. The Morgan fingerprint density at radius 1 is 0.253 bits per heavy atom. The van der Waals surface area contributed by atoms with Crippen LogP contribution in [0.4, 0.5) is 0 Å². The van der Waals surface area contributed by atoms with Crippen molar-refractivity contribution >= 4 is 39.5 Å². The van der Waals surface area contributed by atoms with Gasteiger partial charge in [-0.05, 0) is 25.7 Å². The molecule has 0 saturated carbocycles. The lowest BCUT2D eigenvalue weighted by Gasteiger charge is -2.21. The molecule has 0 amide bonds. The molecule has 5 atom stereocenters. The predicted octanol–water partition coefficient (Wildman–Crippen LogP) is 22.6. The van der Waals surface area contributed by atoms with Gasteiger partial charge in [-0.15, -0.1) is 0 Å². The van der Waals surface area contributed by atoms with Crippen molar-refractivity contribution in [3.63, 3.8) is 0 Å². The van der Waals surface area contributed by atoms with Crippen LogP contribution in [0.15, 0.2) is 0 Å². The third-order valence-corrected chi connectivity index (χ3v) is 19.8. The van der Waals surface area contributed by atoms with Gasteiger partial charge in [0.05, 0.1) is 26.4 Å². The molecule has 0 aliphatic rings. The molecule has 0 aliphatic heterocycles. The molecule has 0 aliphatic carbocycles. The van der Waals surface area contributed by atoms with Crippen molar-refractivity contribution in [1.29, 1.82) is 0 Å². The molecular weight excluding hydrogens is 1250 g/mol. The van der Waals surface area contributed by atoms with Crippen molar-refractivity contribution in [2.75, 3.05) is 39.6 Å². The zero-order chi connectivity index (χ0) is 69.7. The van der Waals surface area contributed by atoms with Gasteiger partial charge in [0, 0.05) is 25.7 Å². The van der Waals surface area contributed by atoms with Crippen LogP contribution in [-0.4, -0.2) is 96.7 Å². The van der Waals surface area contributed by atoms with E-state index in [4.69, 9.17) is 37.0 Å². The topological polar surface area (TPSA) is 237 Å². The first-order chi connectivity index (χ1) is 46.2. The molecule has 19 heteroatoms. The number of unbranched alkanes of at least 4 members (excludes halogenated alkanes) is 51. The molecule has 95 heavy (non-hydrogen) atoms. The Kier molecular flexibility index (Phi) is 69.1. The number of ether oxygens (including phenoxy) is 4. The van der Waals surface area contributed by atoms with Crippen molar-refractivity contribution in [2.45, 2.75) is 425 Å². The number of carbonyl (C=O) groups is 4. The molecule has 0 heterocycles. The van der Waals surface area contributed by atoms with Crippen LogP contribution in [0.3, 0.4) is 0 Å². The fraction of sp³-hybridized carbons (Fsp3) is 0.947. The van der Waals surface area contributed by atoms with Gasteiger partial charge in [0.15, 0.2) is 12.2 Å². The minimum absolute atomic E-state index is 0.108. The van der Waals surface area contributed by atoms with Crippen molar-refractivity contribution < 1.29 is 80.2 Å². The minimum Gasteiger partial charge on any atom is -0.462 e. The maximum Gasteiger partial charge on any atom is 0.472 e. The summed E-state index contributed by atoms with van der Waals surface area (Å²) >= 11 is 0. The maximum absolute atomic E-state index is 13.1. The number of hydrogen-bond donors (Lipinski definition) is 3. The molecule has 2 unspecified atom stereocenters. The molecule has 0 spiro atoms. The van der Waals surface area contributed by atoms with Crippen LogP contribution < -0.4 is 0 Å². The third kappa shape index (κ3) is 70.3. The van der Waals surface area contributed by atoms with E-state index < -0.39 is 97.5 Å². The van der Waals surface area contributed by atoms with Gasteiger partial charge in [0.2, 0.25) is 0 Å². The van der Waals surface area contributed by atoms with Crippen molar-refractivity contribution in [2.24, 2.45) is 0 Å². The Morgan fingerprint density at radius 2 is 0.421 bits per heavy atom. The van der Waals surface area contributed by atoms with E-state index in [1.807, 2.05) is 0 Å². The molecule has 0 rings (SSSR count). The summed E-state index contributed by atoms with van der Waals surface area (Å²) in [5.41, 5.74) is 0. The van der Waals surface area contributed by atoms with E-state index in [0.717, 1.165) is 96.3 Å². The molecule has 0 radical (unpaired) electrons. The summed E-state index contributed by atoms with van der Waals surface area (Å²) in [6, 6.07) is 0. The quantitative estimate of drug-likeness (QED) is 0.0222. The number of aliphatic hydroxyl groups excluding tert-OH is 1. The minimum atomic E-state index is -4.95. The molecule has 564 valence electrons. The second-order valence-electron chi connectivity index (χ2n) is 27.4. The monoisotopic (exact) mass is 1400 g/mol. The standard InChI is InChI=1S/C76H148O17P2/c1-5-9-13-17-20-23-26-29-32-34-35-36-37-39-42-45-48-51-55-59-63-76(81)93-72(67-87-74(79)61-57-53-49-46-43-41-38-33-30-27-24-21-18-14-10-6-2)69-91-95(84,85)89-65-70(77)64-88-94(82,83)90-68-71(66-86-73(78)60-56-52-16-12-8-4)92-75(80)62-58-54-50-47-44-40-31-28-25-22-19-15-11-7-3/h70-72,77H,5-69H2,1-4H3,(H,82,83)(H,84,85)/t70-,71+,72+/m0/s1. The molecule has 17 nitrogen and oxygen atoms in total. The van der Waals surface area contributed by atoms with E-state index >= 15 is 0 Å². The number of phosphoric acid groups is 2. The molecule has 0 fully saturated rings. The van der Waals surface area contributed by atoms with Gasteiger partial charge >= 0.3 is 39.5 Å². The molecule has 0 saturated heterocycles. The fourth-order valence-corrected chi connectivity index (χ4v) is 13.3. The normalized spacial score (nSPS) is 13.9. The van der Waals surface area contributed by atoms with E-state index in [1.165, 1.54) is 231 Å². The molecule has 0 aromatic carbocycles. The highest BCUT2D eigenvalue weighted by molar-refractivity contribution is 7.47. The van der Waals surface area contributed by atoms with Crippen molar-refractivity contribution in [3.05, 3.63) is 0 Å². The highest BCUT2D eigenvalue weighted by Crippen LogP contribution is 2.45. The summed E-state index contributed by atoms with van der Waals surface area (Å²) in [5.74, 6) is -2.12. The number of aliphatic hydroxyl groups is 1. The van der Waals surface area contributed by atoms with Gasteiger partial charge in [0.1, 0.15) is 19.3 Å². The average Bonchev–Trinajstić information content (AvgIpc) is 2.26. The maximum atomic E-state index is 13.1. The summed E-state index contributed by atoms with van der Waals surface area (Å²) in [4.78, 5) is 72.5. The van der Waals surface area contributed by atoms with E-state index in [9.17, 15) is 43.2 Å². The molecule has 0 aromatic rings. The summed E-state index contributed by atoms with van der Waals surface area (Å²) in [7, 11) is -9.90. The van der Waals surface area contributed by atoms with Crippen LogP contribution in [0.25, 0.3) is 0 Å². The molecule has 0 bridgehead atoms. The van der Waals surface area contributed by atoms with Crippen LogP contribution in [0, 0.1) is 0 Å². The van der Waals surface area contributed by atoms with Crippen LogP contribution in [0.2, 0.25) is 0 Å². The number of hydrogen-bond acceptors (Lipinski definition) is 15. The van der Waals surface area contributed by atoms with Gasteiger partial charge < -0.3 is 33.8 Å². The summed E-state index contributed by atoms with van der Waals surface area (Å²) < 4.78 is 68.3. The van der Waals surface area contributed by atoms with Crippen LogP contribution in [0.1, 0.15) is 407 Å². The van der Waals surface area contributed by atoms with Gasteiger partial charge in [0.25, 0.3) is 0 Å².